The molecule has 1 fully saturated rings. The zero-order valence-electron chi connectivity index (χ0n) is 15.6. The maximum Gasteiger partial charge on any atom is 0.434 e. The number of thiazole rings is 1. The molecule has 1 aliphatic carbocycles. The summed E-state index contributed by atoms with van der Waals surface area (Å²) in [5.74, 6) is 0.814. The van der Waals surface area contributed by atoms with Gasteiger partial charge in [0.1, 0.15) is 11.6 Å². The van der Waals surface area contributed by atoms with Crippen molar-refractivity contribution >= 4 is 23.2 Å². The van der Waals surface area contributed by atoms with E-state index >= 15 is 0 Å². The van der Waals surface area contributed by atoms with Crippen LogP contribution < -0.4 is 10.6 Å². The zero-order valence-corrected chi connectivity index (χ0v) is 16.4. The standard InChI is InChI=1S/C17H26F3N5OS/c1-25(2)15(26)10-23-16(21-8-12-6-4-3-5-7-12)22-9-14-24-13(11-27-14)17(18,19)20/h11-12H,3-10H2,1-2H3,(H2,21,22,23). The highest BCUT2D eigenvalue weighted by molar-refractivity contribution is 7.09. The summed E-state index contributed by atoms with van der Waals surface area (Å²) in [5, 5.41) is 7.51. The predicted molar refractivity (Wildman–Crippen MR) is 99.5 cm³/mol. The number of aliphatic imine (C=N–C) groups is 1. The Morgan fingerprint density at radius 2 is 2.00 bits per heavy atom. The number of halogens is 3. The van der Waals surface area contributed by atoms with Crippen LogP contribution in [0.3, 0.4) is 0 Å². The molecular formula is C17H26F3N5OS. The quantitative estimate of drug-likeness (QED) is 0.564. The zero-order chi connectivity index (χ0) is 19.9. The largest absolute Gasteiger partial charge is 0.434 e. The highest BCUT2D eigenvalue weighted by Crippen LogP contribution is 2.29. The first-order chi connectivity index (χ1) is 12.8. The number of alkyl halides is 3. The lowest BCUT2D eigenvalue weighted by atomic mass is 9.89. The Hall–Kier alpha value is -1.84. The van der Waals surface area contributed by atoms with Crippen LogP contribution in [0.5, 0.6) is 0 Å². The molecule has 6 nitrogen and oxygen atoms in total. The van der Waals surface area contributed by atoms with Crippen molar-refractivity contribution in [2.45, 2.75) is 44.8 Å². The van der Waals surface area contributed by atoms with Crippen molar-refractivity contribution < 1.29 is 18.0 Å². The lowest BCUT2D eigenvalue weighted by Crippen LogP contribution is -2.40. The van der Waals surface area contributed by atoms with Gasteiger partial charge in [-0.1, -0.05) is 19.3 Å². The van der Waals surface area contributed by atoms with E-state index in [1.807, 2.05) is 0 Å². The molecule has 1 aliphatic rings. The van der Waals surface area contributed by atoms with E-state index in [1.54, 1.807) is 14.1 Å². The summed E-state index contributed by atoms with van der Waals surface area (Å²) in [4.78, 5) is 21.1. The molecule has 152 valence electrons. The Balaban J connectivity index is 1.94. The number of hydrogen-bond donors (Lipinski definition) is 2. The molecule has 0 saturated heterocycles. The number of carbonyl (C=O) groups is 1. The van der Waals surface area contributed by atoms with Gasteiger partial charge < -0.3 is 15.5 Å². The first-order valence-corrected chi connectivity index (χ1v) is 9.87. The van der Waals surface area contributed by atoms with Crippen molar-refractivity contribution in [1.82, 2.24) is 20.5 Å². The first-order valence-electron chi connectivity index (χ1n) is 8.99. The van der Waals surface area contributed by atoms with Crippen molar-refractivity contribution in [2.24, 2.45) is 10.9 Å². The molecule has 2 rings (SSSR count). The van der Waals surface area contributed by atoms with Crippen LogP contribution in [0, 0.1) is 5.92 Å². The van der Waals surface area contributed by atoms with Gasteiger partial charge in [0.15, 0.2) is 11.7 Å². The minimum Gasteiger partial charge on any atom is -0.356 e. The summed E-state index contributed by atoms with van der Waals surface area (Å²) in [7, 11) is 3.29. The summed E-state index contributed by atoms with van der Waals surface area (Å²) in [5.41, 5.74) is -0.888. The fourth-order valence-corrected chi connectivity index (χ4v) is 3.52. The van der Waals surface area contributed by atoms with Crippen molar-refractivity contribution in [3.05, 3.63) is 16.1 Å². The van der Waals surface area contributed by atoms with Crippen LogP contribution in [0.25, 0.3) is 0 Å². The van der Waals surface area contributed by atoms with Crippen LogP contribution in [0.4, 0.5) is 13.2 Å². The lowest BCUT2D eigenvalue weighted by molar-refractivity contribution is -0.140. The molecule has 10 heteroatoms. The molecule has 1 heterocycles. The summed E-state index contributed by atoms with van der Waals surface area (Å²) in [6.45, 7) is 0.819. The van der Waals surface area contributed by atoms with E-state index in [-0.39, 0.29) is 19.0 Å². The number of guanidine groups is 1. The van der Waals surface area contributed by atoms with Crippen LogP contribution >= 0.6 is 11.3 Å². The Kier molecular flexibility index (Phi) is 7.88. The minimum absolute atomic E-state index is 0.0291. The molecule has 0 spiro atoms. The number of nitrogens with one attached hydrogen (secondary N) is 2. The van der Waals surface area contributed by atoms with E-state index in [9.17, 15) is 18.0 Å². The highest BCUT2D eigenvalue weighted by atomic mass is 32.1. The van der Waals surface area contributed by atoms with E-state index in [0.717, 1.165) is 36.1 Å². The number of likely N-dealkylation sites (N-methyl/N-ethyl adjacent to an activating group) is 1. The molecule has 0 aromatic carbocycles. The Morgan fingerprint density at radius 3 is 2.59 bits per heavy atom. The van der Waals surface area contributed by atoms with E-state index < -0.39 is 11.9 Å². The molecule has 2 N–H and O–H groups in total. The van der Waals surface area contributed by atoms with E-state index in [4.69, 9.17) is 0 Å². The topological polar surface area (TPSA) is 69.6 Å². The number of amides is 1. The van der Waals surface area contributed by atoms with Crippen molar-refractivity contribution in [3.8, 4) is 0 Å². The number of carbonyl (C=O) groups excluding carboxylic acids is 1. The second-order valence-electron chi connectivity index (χ2n) is 6.82. The van der Waals surface area contributed by atoms with Crippen molar-refractivity contribution in [3.63, 3.8) is 0 Å². The molecule has 1 saturated carbocycles. The molecule has 27 heavy (non-hydrogen) atoms. The third-order valence-corrected chi connectivity index (χ3v) is 5.25. The third-order valence-electron chi connectivity index (χ3n) is 4.40. The summed E-state index contributed by atoms with van der Waals surface area (Å²) in [6.07, 6.45) is 1.55. The van der Waals surface area contributed by atoms with Crippen LogP contribution in [0.2, 0.25) is 0 Å². The third kappa shape index (κ3) is 7.36. The van der Waals surface area contributed by atoms with Gasteiger partial charge in [-0.15, -0.1) is 11.3 Å². The molecule has 0 aliphatic heterocycles. The summed E-state index contributed by atoms with van der Waals surface area (Å²) >= 11 is 0.942. The van der Waals surface area contributed by atoms with Gasteiger partial charge in [0, 0.05) is 26.0 Å². The van der Waals surface area contributed by atoms with Gasteiger partial charge in [0.05, 0.1) is 6.54 Å². The number of aromatic nitrogens is 1. The molecule has 0 bridgehead atoms. The molecule has 0 radical (unpaired) electrons. The van der Waals surface area contributed by atoms with Crippen LogP contribution in [-0.2, 0) is 17.5 Å². The van der Waals surface area contributed by atoms with Gasteiger partial charge in [-0.2, -0.15) is 13.2 Å². The van der Waals surface area contributed by atoms with E-state index in [0.29, 0.717) is 16.9 Å². The normalized spacial score (nSPS) is 16.3. The Bertz CT molecular complexity index is 639. The fourth-order valence-electron chi connectivity index (χ4n) is 2.78. The van der Waals surface area contributed by atoms with Gasteiger partial charge in [-0.05, 0) is 18.8 Å². The lowest BCUT2D eigenvalue weighted by Gasteiger charge is -2.23. The molecule has 0 unspecified atom stereocenters. The van der Waals surface area contributed by atoms with E-state index in [1.165, 1.54) is 24.2 Å². The molecule has 1 aromatic rings. The predicted octanol–water partition coefficient (Wildman–Crippen LogP) is 2.87. The summed E-state index contributed by atoms with van der Waals surface area (Å²) in [6, 6.07) is 0. The number of hydrogen-bond acceptors (Lipinski definition) is 4. The smallest absolute Gasteiger partial charge is 0.356 e. The van der Waals surface area contributed by atoms with Gasteiger partial charge in [0.2, 0.25) is 5.91 Å². The molecule has 0 atom stereocenters. The van der Waals surface area contributed by atoms with Crippen LogP contribution in [0.1, 0.15) is 42.8 Å². The maximum absolute atomic E-state index is 12.7. The van der Waals surface area contributed by atoms with E-state index in [2.05, 4.69) is 20.6 Å². The Morgan fingerprint density at radius 1 is 1.30 bits per heavy atom. The van der Waals surface area contributed by atoms with Crippen LogP contribution in [-0.4, -0.2) is 48.9 Å². The van der Waals surface area contributed by atoms with Gasteiger partial charge in [-0.25, -0.2) is 9.98 Å². The highest BCUT2D eigenvalue weighted by Gasteiger charge is 2.33. The average Bonchev–Trinajstić information content (AvgIpc) is 3.11. The number of nitrogens with zero attached hydrogens (tertiary/aromatic N) is 3. The summed E-state index contributed by atoms with van der Waals surface area (Å²) < 4.78 is 38.0. The number of rotatable bonds is 6. The second kappa shape index (κ2) is 9.91. The maximum atomic E-state index is 12.7. The molecule has 1 aromatic heterocycles. The monoisotopic (exact) mass is 405 g/mol. The minimum atomic E-state index is -4.44. The fraction of sp³-hybridized carbons (Fsp3) is 0.706. The van der Waals surface area contributed by atoms with Gasteiger partial charge >= 0.3 is 6.18 Å². The Labute approximate surface area is 161 Å². The van der Waals surface area contributed by atoms with Crippen LogP contribution in [0.15, 0.2) is 10.4 Å². The molecular weight excluding hydrogens is 379 g/mol. The van der Waals surface area contributed by atoms with Crippen molar-refractivity contribution in [2.75, 3.05) is 27.2 Å². The molecule has 1 amide bonds. The van der Waals surface area contributed by atoms with Gasteiger partial charge in [0.25, 0.3) is 0 Å². The second-order valence-corrected chi connectivity index (χ2v) is 7.76. The average molecular weight is 405 g/mol. The first kappa shape index (κ1) is 21.5. The SMILES string of the molecule is CN(C)C(=O)CN=C(NCc1nc(C(F)(F)F)cs1)NCC1CCCCC1. The van der Waals surface area contributed by atoms with Crippen molar-refractivity contribution in [1.29, 1.82) is 0 Å². The van der Waals surface area contributed by atoms with Gasteiger partial charge in [-0.3, -0.25) is 4.79 Å².